The largest absolute Gasteiger partial charge is 0.309 e. The molecule has 2 aromatic heterocycles. The Morgan fingerprint density at radius 2 is 0.896 bits per heavy atom. The van der Waals surface area contributed by atoms with Gasteiger partial charge in [0.1, 0.15) is 0 Å². The monoisotopic (exact) mass is 608 g/mol. The van der Waals surface area contributed by atoms with Crippen molar-refractivity contribution >= 4 is 54.4 Å². The summed E-state index contributed by atoms with van der Waals surface area (Å²) >= 11 is 0. The molecule has 1 aliphatic carbocycles. The van der Waals surface area contributed by atoms with Crippen LogP contribution in [0.25, 0.3) is 99.1 Å². The van der Waals surface area contributed by atoms with Gasteiger partial charge < -0.3 is 9.13 Å². The van der Waals surface area contributed by atoms with Crippen molar-refractivity contribution in [2.45, 2.75) is 0 Å². The topological polar surface area (TPSA) is 9.86 Å². The summed E-state index contributed by atoms with van der Waals surface area (Å²) in [4.78, 5) is 0. The van der Waals surface area contributed by atoms with Gasteiger partial charge in [0.25, 0.3) is 0 Å². The summed E-state index contributed by atoms with van der Waals surface area (Å²) in [6, 6.07) is 62.5. The summed E-state index contributed by atoms with van der Waals surface area (Å²) in [5.74, 6) is 0. The Morgan fingerprint density at radius 1 is 0.292 bits per heavy atom. The first kappa shape index (κ1) is 25.8. The standard InChI is InChI=1S/C46H28N2/c1-2-12-32(13-3-1)47-43-19-7-5-15-36(43)41-26-30(21-25-44(41)47)31-20-23-37-35-14-4-6-18-42(35)48(45(37)27-31)33-22-24-34-38-16-8-10-29-11-9-17-39(46(29)38)40(34)28-33/h1-28H. The summed E-state index contributed by atoms with van der Waals surface area (Å²) in [5, 5.41) is 7.73. The fourth-order valence-corrected chi connectivity index (χ4v) is 8.35. The van der Waals surface area contributed by atoms with Crippen LogP contribution in [0.4, 0.5) is 0 Å². The molecule has 1 aliphatic rings. The quantitative estimate of drug-likeness (QED) is 0.189. The molecule has 2 heterocycles. The van der Waals surface area contributed by atoms with Gasteiger partial charge in [0.2, 0.25) is 0 Å². The molecule has 10 aromatic rings. The van der Waals surface area contributed by atoms with E-state index in [4.69, 9.17) is 0 Å². The van der Waals surface area contributed by atoms with Crippen molar-refractivity contribution in [3.63, 3.8) is 0 Å². The second-order valence-electron chi connectivity index (χ2n) is 12.9. The molecule has 48 heavy (non-hydrogen) atoms. The first-order valence-corrected chi connectivity index (χ1v) is 16.6. The smallest absolute Gasteiger partial charge is 0.0547 e. The Labute approximate surface area is 277 Å². The highest BCUT2D eigenvalue weighted by Crippen LogP contribution is 2.48. The Hall–Kier alpha value is -6.38. The van der Waals surface area contributed by atoms with Gasteiger partial charge in [0, 0.05) is 32.9 Å². The van der Waals surface area contributed by atoms with E-state index in [-0.39, 0.29) is 0 Å². The van der Waals surface area contributed by atoms with Gasteiger partial charge in [0.15, 0.2) is 0 Å². The summed E-state index contributed by atoms with van der Waals surface area (Å²) in [7, 11) is 0. The summed E-state index contributed by atoms with van der Waals surface area (Å²) in [6.07, 6.45) is 0. The van der Waals surface area contributed by atoms with E-state index in [0.29, 0.717) is 0 Å². The number of para-hydroxylation sites is 3. The highest BCUT2D eigenvalue weighted by Gasteiger charge is 2.23. The molecule has 0 atom stereocenters. The van der Waals surface area contributed by atoms with Crippen LogP contribution in [-0.2, 0) is 0 Å². The van der Waals surface area contributed by atoms with Gasteiger partial charge in [-0.1, -0.05) is 115 Å². The van der Waals surface area contributed by atoms with Gasteiger partial charge >= 0.3 is 0 Å². The van der Waals surface area contributed by atoms with Gasteiger partial charge in [-0.2, -0.15) is 0 Å². The molecule has 8 aromatic carbocycles. The Morgan fingerprint density at radius 3 is 1.69 bits per heavy atom. The molecular formula is C46H28N2. The fraction of sp³-hybridized carbons (Fsp3) is 0. The minimum absolute atomic E-state index is 1.18. The van der Waals surface area contributed by atoms with Crippen molar-refractivity contribution in [3.8, 4) is 44.8 Å². The predicted octanol–water partition coefficient (Wildman–Crippen LogP) is 12.3. The Bertz CT molecular complexity index is 2930. The van der Waals surface area contributed by atoms with E-state index in [0.717, 1.165) is 0 Å². The molecule has 0 saturated heterocycles. The number of rotatable bonds is 3. The molecule has 0 saturated carbocycles. The van der Waals surface area contributed by atoms with E-state index < -0.39 is 0 Å². The van der Waals surface area contributed by atoms with Crippen molar-refractivity contribution < 1.29 is 0 Å². The first-order valence-electron chi connectivity index (χ1n) is 16.6. The van der Waals surface area contributed by atoms with E-state index in [9.17, 15) is 0 Å². The minimum Gasteiger partial charge on any atom is -0.309 e. The average molecular weight is 609 g/mol. The lowest BCUT2D eigenvalue weighted by molar-refractivity contribution is 1.18. The third-order valence-corrected chi connectivity index (χ3v) is 10.4. The lowest BCUT2D eigenvalue weighted by Crippen LogP contribution is -1.95. The molecule has 2 heteroatoms. The average Bonchev–Trinajstić information content (AvgIpc) is 3.78. The molecule has 0 spiro atoms. The van der Waals surface area contributed by atoms with Crippen LogP contribution in [0.2, 0.25) is 0 Å². The van der Waals surface area contributed by atoms with Gasteiger partial charge in [-0.3, -0.25) is 0 Å². The van der Waals surface area contributed by atoms with Crippen LogP contribution in [0.5, 0.6) is 0 Å². The molecule has 222 valence electrons. The fourth-order valence-electron chi connectivity index (χ4n) is 8.35. The molecule has 11 rings (SSSR count). The highest BCUT2D eigenvalue weighted by atomic mass is 15.0. The summed E-state index contributed by atoms with van der Waals surface area (Å²) in [5.41, 5.74) is 14.9. The number of nitrogens with zero attached hydrogens (tertiary/aromatic N) is 2. The lowest BCUT2D eigenvalue weighted by atomic mass is 10.0. The van der Waals surface area contributed by atoms with Crippen molar-refractivity contribution in [2.24, 2.45) is 0 Å². The maximum Gasteiger partial charge on any atom is 0.0547 e. The van der Waals surface area contributed by atoms with Crippen molar-refractivity contribution in [3.05, 3.63) is 170 Å². The van der Waals surface area contributed by atoms with Crippen LogP contribution in [0.15, 0.2) is 170 Å². The van der Waals surface area contributed by atoms with E-state index in [2.05, 4.69) is 179 Å². The normalized spacial score (nSPS) is 12.2. The van der Waals surface area contributed by atoms with Gasteiger partial charge in [-0.15, -0.1) is 0 Å². The highest BCUT2D eigenvalue weighted by molar-refractivity contribution is 6.16. The second-order valence-corrected chi connectivity index (χ2v) is 12.9. The van der Waals surface area contributed by atoms with Crippen LogP contribution in [0.1, 0.15) is 0 Å². The zero-order chi connectivity index (χ0) is 31.3. The van der Waals surface area contributed by atoms with Gasteiger partial charge in [0.05, 0.1) is 22.1 Å². The van der Waals surface area contributed by atoms with E-state index in [1.54, 1.807) is 0 Å². The molecule has 0 N–H and O–H groups in total. The molecular weight excluding hydrogens is 581 g/mol. The van der Waals surface area contributed by atoms with Crippen LogP contribution in [0, 0.1) is 0 Å². The zero-order valence-electron chi connectivity index (χ0n) is 26.1. The SMILES string of the molecule is c1ccc(-n2c3ccccc3c3cc(-c4ccc5c6ccccc6n(-c6ccc7c(c6)-c6cccc8cccc-7c68)c5c4)ccc32)cc1. The van der Waals surface area contributed by atoms with Crippen molar-refractivity contribution in [1.82, 2.24) is 9.13 Å². The van der Waals surface area contributed by atoms with E-state index in [1.807, 2.05) is 0 Å². The molecule has 0 radical (unpaired) electrons. The van der Waals surface area contributed by atoms with E-state index >= 15 is 0 Å². The molecule has 0 fully saturated rings. The van der Waals surface area contributed by atoms with E-state index in [1.165, 1.54) is 99.1 Å². The van der Waals surface area contributed by atoms with Crippen LogP contribution in [-0.4, -0.2) is 9.13 Å². The number of aromatic nitrogens is 2. The second kappa shape index (κ2) is 9.57. The molecule has 0 amide bonds. The van der Waals surface area contributed by atoms with Crippen molar-refractivity contribution in [1.29, 1.82) is 0 Å². The first-order chi connectivity index (χ1) is 23.8. The number of fused-ring (bicyclic) bond motifs is 9. The number of hydrogen-bond acceptors (Lipinski definition) is 0. The zero-order valence-corrected chi connectivity index (χ0v) is 26.1. The molecule has 0 unspecified atom stereocenters. The molecule has 0 bridgehead atoms. The van der Waals surface area contributed by atoms with Gasteiger partial charge in [-0.25, -0.2) is 0 Å². The van der Waals surface area contributed by atoms with Crippen molar-refractivity contribution in [2.75, 3.05) is 0 Å². The van der Waals surface area contributed by atoms with Crippen LogP contribution in [0.3, 0.4) is 0 Å². The maximum atomic E-state index is 2.46. The number of benzene rings is 8. The Kier molecular flexibility index (Phi) is 5.14. The summed E-state index contributed by atoms with van der Waals surface area (Å²) in [6.45, 7) is 0. The third-order valence-electron chi connectivity index (χ3n) is 10.4. The predicted molar refractivity (Wildman–Crippen MR) is 202 cm³/mol. The minimum atomic E-state index is 1.18. The van der Waals surface area contributed by atoms with Crippen LogP contribution < -0.4 is 0 Å². The lowest BCUT2D eigenvalue weighted by Gasteiger charge is -2.12. The third kappa shape index (κ3) is 3.46. The molecule has 2 nitrogen and oxygen atoms in total. The maximum absolute atomic E-state index is 2.46. The Balaban J connectivity index is 1.13. The molecule has 0 aliphatic heterocycles. The van der Waals surface area contributed by atoms with Gasteiger partial charge in [-0.05, 0) is 98.8 Å². The van der Waals surface area contributed by atoms with Crippen LogP contribution >= 0.6 is 0 Å². The number of hydrogen-bond donors (Lipinski definition) is 0. The summed E-state index contributed by atoms with van der Waals surface area (Å²) < 4.78 is 4.83.